The second kappa shape index (κ2) is 14.0. The van der Waals surface area contributed by atoms with Crippen molar-refractivity contribution in [3.63, 3.8) is 0 Å². The van der Waals surface area contributed by atoms with Crippen molar-refractivity contribution in [2.24, 2.45) is 7.05 Å². The smallest absolute Gasteiger partial charge is 0.337 e. The summed E-state index contributed by atoms with van der Waals surface area (Å²) in [4.78, 5) is 23.8. The maximum Gasteiger partial charge on any atom is 0.337 e. The third-order valence-electron chi connectivity index (χ3n) is 7.76. The lowest BCUT2D eigenvalue weighted by Gasteiger charge is -2.31. The summed E-state index contributed by atoms with van der Waals surface area (Å²) in [6.45, 7) is 7.09. The third-order valence-corrected chi connectivity index (χ3v) is 7.99. The van der Waals surface area contributed by atoms with E-state index < -0.39 is 5.82 Å². The van der Waals surface area contributed by atoms with E-state index in [9.17, 15) is 9.18 Å². The average Bonchev–Trinajstić information content (AvgIpc) is 3.77. The van der Waals surface area contributed by atoms with Crippen LogP contribution in [0.15, 0.2) is 61.2 Å². The minimum Gasteiger partial charge on any atom is -0.472 e. The zero-order valence-electron chi connectivity index (χ0n) is 25.4. The van der Waals surface area contributed by atoms with Gasteiger partial charge in [-0.15, -0.1) is 5.10 Å². The van der Waals surface area contributed by atoms with Gasteiger partial charge in [-0.1, -0.05) is 31.5 Å². The predicted octanol–water partition coefficient (Wildman–Crippen LogP) is 6.04. The zero-order chi connectivity index (χ0) is 31.2. The summed E-state index contributed by atoms with van der Waals surface area (Å²) >= 11 is 5.84. The van der Waals surface area contributed by atoms with Gasteiger partial charge in [-0.3, -0.25) is 9.58 Å². The first kappa shape index (κ1) is 31.2. The highest BCUT2D eigenvalue weighted by Crippen LogP contribution is 2.27. The number of methoxy groups -OCH3 is 1. The molecule has 232 valence electrons. The van der Waals surface area contributed by atoms with Gasteiger partial charge in [0.2, 0.25) is 5.88 Å². The Morgan fingerprint density at radius 2 is 1.89 bits per heavy atom. The van der Waals surface area contributed by atoms with E-state index in [0.717, 1.165) is 48.5 Å². The topological polar surface area (TPSA) is 92.2 Å². The van der Waals surface area contributed by atoms with Crippen LogP contribution in [0.1, 0.15) is 60.2 Å². The van der Waals surface area contributed by atoms with Crippen molar-refractivity contribution in [2.75, 3.05) is 20.2 Å². The van der Waals surface area contributed by atoms with Gasteiger partial charge in [0, 0.05) is 49.2 Å². The number of esters is 1. The van der Waals surface area contributed by atoms with Gasteiger partial charge in [-0.05, 0) is 43.2 Å². The van der Waals surface area contributed by atoms with Gasteiger partial charge in [-0.25, -0.2) is 19.2 Å². The molecule has 0 spiro atoms. The molecule has 1 aliphatic heterocycles. The molecule has 1 saturated heterocycles. The molecule has 12 heteroatoms. The van der Waals surface area contributed by atoms with Gasteiger partial charge in [-0.2, -0.15) is 0 Å². The summed E-state index contributed by atoms with van der Waals surface area (Å²) in [6.07, 6.45) is 7.38. The zero-order valence-corrected chi connectivity index (χ0v) is 26.2. The monoisotopic (exact) mass is 621 g/mol. The van der Waals surface area contributed by atoms with E-state index in [2.05, 4.69) is 19.5 Å². The van der Waals surface area contributed by atoms with Gasteiger partial charge >= 0.3 is 5.97 Å². The maximum atomic E-state index is 14.1. The molecule has 0 bridgehead atoms. The van der Waals surface area contributed by atoms with Crippen LogP contribution in [0.2, 0.25) is 5.02 Å². The molecular weight excluding hydrogens is 585 g/mol. The first-order valence-corrected chi connectivity index (χ1v) is 15.1. The van der Waals surface area contributed by atoms with E-state index in [1.54, 1.807) is 24.5 Å². The highest BCUT2D eigenvalue weighted by molar-refractivity contribution is 6.30. The molecule has 1 fully saturated rings. The first-order valence-electron chi connectivity index (χ1n) is 14.7. The Balaban J connectivity index is 0.00000188. The number of hydrogen-bond acceptors (Lipinski definition) is 7. The molecule has 0 amide bonds. The van der Waals surface area contributed by atoms with Crippen LogP contribution in [0.4, 0.5) is 4.39 Å². The van der Waals surface area contributed by atoms with Gasteiger partial charge < -0.3 is 18.6 Å². The Labute approximate surface area is 261 Å². The number of imidazole rings is 2. The molecule has 3 aromatic heterocycles. The van der Waals surface area contributed by atoms with Crippen LogP contribution in [0.3, 0.4) is 0 Å². The van der Waals surface area contributed by atoms with Crippen LogP contribution in [-0.2, 0) is 31.5 Å². The molecule has 0 radical (unpaired) electrons. The Hall–Kier alpha value is -4.22. The fraction of sp³-hybridized carbons (Fsp3) is 0.375. The number of aromatic nitrogens is 6. The van der Waals surface area contributed by atoms with Crippen LogP contribution in [0, 0.1) is 5.82 Å². The Kier molecular flexibility index (Phi) is 9.96. The number of ether oxygens (including phenoxy) is 2. The van der Waals surface area contributed by atoms with Crippen molar-refractivity contribution in [2.45, 2.75) is 52.4 Å². The fourth-order valence-corrected chi connectivity index (χ4v) is 5.51. The van der Waals surface area contributed by atoms with Gasteiger partial charge in [0.25, 0.3) is 0 Å². The van der Waals surface area contributed by atoms with Crippen LogP contribution >= 0.6 is 11.6 Å². The maximum absolute atomic E-state index is 14.1. The molecule has 0 atom stereocenters. The van der Waals surface area contributed by atoms with Crippen molar-refractivity contribution in [1.82, 2.24) is 33.8 Å². The number of halogens is 2. The number of hydrogen-bond donors (Lipinski definition) is 0. The lowest BCUT2D eigenvalue weighted by Crippen LogP contribution is -2.35. The van der Waals surface area contributed by atoms with E-state index in [1.807, 2.05) is 60.7 Å². The van der Waals surface area contributed by atoms with Crippen LogP contribution < -0.4 is 4.74 Å². The molecule has 0 saturated carbocycles. The molecule has 1 aliphatic rings. The van der Waals surface area contributed by atoms with E-state index in [-0.39, 0.29) is 18.6 Å². The average molecular weight is 622 g/mol. The normalized spacial score (nSPS) is 14.0. The molecule has 0 aliphatic carbocycles. The van der Waals surface area contributed by atoms with Crippen molar-refractivity contribution in [3.05, 3.63) is 94.7 Å². The van der Waals surface area contributed by atoms with E-state index >= 15 is 0 Å². The Bertz CT molecular complexity index is 1720. The largest absolute Gasteiger partial charge is 0.472 e. The fourth-order valence-electron chi connectivity index (χ4n) is 5.35. The molecule has 4 heterocycles. The summed E-state index contributed by atoms with van der Waals surface area (Å²) in [5, 5.41) is 4.94. The number of fused-ring (bicyclic) bond motifs is 1. The molecule has 6 rings (SSSR count). The van der Waals surface area contributed by atoms with E-state index in [4.69, 9.17) is 26.1 Å². The number of carbonyl (C=O) groups is 1. The van der Waals surface area contributed by atoms with Crippen LogP contribution in [0.5, 0.6) is 5.88 Å². The second-order valence-electron chi connectivity index (χ2n) is 10.5. The van der Waals surface area contributed by atoms with E-state index in [0.29, 0.717) is 35.1 Å². The Morgan fingerprint density at radius 1 is 1.09 bits per heavy atom. The summed E-state index contributed by atoms with van der Waals surface area (Å²) in [7, 11) is 3.35. The molecule has 5 aromatic rings. The van der Waals surface area contributed by atoms with Gasteiger partial charge in [0.1, 0.15) is 18.2 Å². The van der Waals surface area contributed by atoms with Gasteiger partial charge in [0.05, 0.1) is 54.9 Å². The molecule has 10 nitrogen and oxygen atoms in total. The second-order valence-corrected chi connectivity index (χ2v) is 10.9. The molecule has 0 unspecified atom stereocenters. The molecule has 2 aromatic carbocycles. The van der Waals surface area contributed by atoms with Crippen molar-refractivity contribution in [3.8, 4) is 5.88 Å². The molecular formula is C32H37ClFN7O3. The lowest BCUT2D eigenvalue weighted by molar-refractivity contribution is 0.0601. The quantitative estimate of drug-likeness (QED) is 0.185. The third kappa shape index (κ3) is 6.95. The minimum atomic E-state index is -0.396. The van der Waals surface area contributed by atoms with Crippen LogP contribution in [0.25, 0.3) is 11.0 Å². The van der Waals surface area contributed by atoms with E-state index in [1.165, 1.54) is 13.2 Å². The number of aryl methyl sites for hydroxylation is 1. The van der Waals surface area contributed by atoms with Crippen molar-refractivity contribution < 1.29 is 18.7 Å². The molecule has 0 N–H and O–H groups in total. The number of piperidine rings is 1. The lowest BCUT2D eigenvalue weighted by atomic mass is 10.1. The first-order chi connectivity index (χ1) is 21.4. The number of nitrogens with zero attached hydrogens (tertiary/aromatic N) is 7. The summed E-state index contributed by atoms with van der Waals surface area (Å²) in [6, 6.07) is 12.1. The summed E-state index contributed by atoms with van der Waals surface area (Å²) < 4.78 is 30.8. The Morgan fingerprint density at radius 3 is 2.59 bits per heavy atom. The summed E-state index contributed by atoms with van der Waals surface area (Å²) in [5.41, 5.74) is 3.67. The van der Waals surface area contributed by atoms with Gasteiger partial charge in [0.15, 0.2) is 0 Å². The van der Waals surface area contributed by atoms with Crippen molar-refractivity contribution in [1.29, 1.82) is 0 Å². The van der Waals surface area contributed by atoms with Crippen molar-refractivity contribution >= 4 is 28.6 Å². The predicted molar refractivity (Wildman–Crippen MR) is 166 cm³/mol. The molecule has 44 heavy (non-hydrogen) atoms. The summed E-state index contributed by atoms with van der Waals surface area (Å²) in [5.74, 6) is 0.614. The number of likely N-dealkylation sites (tertiary alicyclic amines) is 1. The van der Waals surface area contributed by atoms with Crippen LogP contribution in [-0.4, -0.2) is 60.0 Å². The SMILES string of the molecule is CC.COC(=O)c1ccc2nc(CN3CCC(n4ccc(OCc5ccc(Cl)cc5F)n4)CC3)n(Cc3cncn3C)c2c1. The number of rotatable bonds is 9. The number of carbonyl (C=O) groups excluding carboxylic acids is 1. The number of benzene rings is 2. The standard InChI is InChI=1S/C30H31ClFN7O3.C2H6/c1-36-19-33-15-24(36)16-38-27-13-20(30(40)41-2)4-6-26(27)34-28(38)17-37-10-7-23(8-11-37)39-12-9-29(35-39)42-18-21-3-5-22(31)14-25(21)32;1-2/h3-6,9,12-15,19,23H,7-8,10-11,16-18H2,1-2H3;1-2H3. The highest BCUT2D eigenvalue weighted by Gasteiger charge is 2.24. The highest BCUT2D eigenvalue weighted by atomic mass is 35.5. The minimum absolute atomic E-state index is 0.0827.